The van der Waals surface area contributed by atoms with Gasteiger partial charge in [-0.05, 0) is 54.8 Å². The van der Waals surface area contributed by atoms with Gasteiger partial charge in [0.15, 0.2) is 0 Å². The third-order valence-corrected chi connectivity index (χ3v) is 6.22. The highest BCUT2D eigenvalue weighted by molar-refractivity contribution is 6.06. The van der Waals surface area contributed by atoms with Gasteiger partial charge in [0.2, 0.25) is 0 Å². The molecule has 0 radical (unpaired) electrons. The van der Waals surface area contributed by atoms with E-state index >= 15 is 0 Å². The fourth-order valence-corrected chi connectivity index (χ4v) is 4.42. The molecule has 0 spiro atoms. The average Bonchev–Trinajstić information content (AvgIpc) is 2.92. The Hall–Kier alpha value is -4.36. The predicted octanol–water partition coefficient (Wildman–Crippen LogP) is 9.06. The van der Waals surface area contributed by atoms with Gasteiger partial charge in [-0.25, -0.2) is 0 Å². The van der Waals surface area contributed by atoms with E-state index in [2.05, 4.69) is 158 Å². The van der Waals surface area contributed by atoms with Gasteiger partial charge in [0, 0.05) is 16.9 Å². The van der Waals surface area contributed by atoms with Gasteiger partial charge >= 0.3 is 0 Å². The molecule has 0 fully saturated rings. The van der Waals surface area contributed by atoms with E-state index in [0.29, 0.717) is 0 Å². The van der Waals surface area contributed by atoms with Crippen LogP contribution in [0.15, 0.2) is 140 Å². The van der Waals surface area contributed by atoms with Gasteiger partial charge in [0.05, 0.1) is 5.70 Å². The van der Waals surface area contributed by atoms with Crippen LogP contribution in [0.25, 0.3) is 11.3 Å². The Bertz CT molecular complexity index is 1310. The molecule has 0 amide bonds. The molecule has 0 aliphatic heterocycles. The van der Waals surface area contributed by atoms with Crippen molar-refractivity contribution in [3.8, 4) is 0 Å². The monoisotopic (exact) mass is 451 g/mol. The maximum atomic E-state index is 2.38. The largest absolute Gasteiger partial charge is 0.309 e. The standard InChI is InChI=1S/C34H29N/c1-26-18-22-28(23-19-26)33(29-24-20-27(2)21-25-29)34(30-12-6-3-7-13-30)35(31-14-8-4-9-15-31)32-16-10-5-11-17-32/h3-25H,1-2H3. The van der Waals surface area contributed by atoms with E-state index in [1.807, 2.05) is 0 Å². The van der Waals surface area contributed by atoms with Gasteiger partial charge in [-0.15, -0.1) is 0 Å². The molecule has 0 aromatic heterocycles. The summed E-state index contributed by atoms with van der Waals surface area (Å²) in [4.78, 5) is 2.38. The maximum absolute atomic E-state index is 2.38. The Morgan fingerprint density at radius 2 is 0.771 bits per heavy atom. The highest BCUT2D eigenvalue weighted by Crippen LogP contribution is 2.41. The summed E-state index contributed by atoms with van der Waals surface area (Å²) in [5.74, 6) is 0. The molecule has 0 aliphatic carbocycles. The lowest BCUT2D eigenvalue weighted by Gasteiger charge is -2.31. The van der Waals surface area contributed by atoms with Gasteiger partial charge < -0.3 is 4.90 Å². The first kappa shape index (κ1) is 22.4. The van der Waals surface area contributed by atoms with Crippen molar-refractivity contribution in [2.75, 3.05) is 4.90 Å². The third-order valence-electron chi connectivity index (χ3n) is 6.22. The van der Waals surface area contributed by atoms with Crippen LogP contribution >= 0.6 is 0 Å². The van der Waals surface area contributed by atoms with Crippen molar-refractivity contribution in [1.29, 1.82) is 0 Å². The number of hydrogen-bond donors (Lipinski definition) is 0. The lowest BCUT2D eigenvalue weighted by Crippen LogP contribution is -2.17. The fourth-order valence-electron chi connectivity index (χ4n) is 4.42. The molecule has 0 aliphatic rings. The molecule has 5 rings (SSSR count). The summed E-state index contributed by atoms with van der Waals surface area (Å²) in [5, 5.41) is 0. The van der Waals surface area contributed by atoms with Crippen molar-refractivity contribution in [2.45, 2.75) is 13.8 Å². The molecule has 1 nitrogen and oxygen atoms in total. The lowest BCUT2D eigenvalue weighted by atomic mass is 9.91. The quantitative estimate of drug-likeness (QED) is 0.233. The van der Waals surface area contributed by atoms with Gasteiger partial charge in [-0.3, -0.25) is 0 Å². The van der Waals surface area contributed by atoms with E-state index < -0.39 is 0 Å². The molecule has 1 heteroatoms. The van der Waals surface area contributed by atoms with Crippen molar-refractivity contribution in [1.82, 2.24) is 0 Å². The fraction of sp³-hybridized carbons (Fsp3) is 0.0588. The molecular weight excluding hydrogens is 422 g/mol. The molecule has 5 aromatic rings. The van der Waals surface area contributed by atoms with Crippen LogP contribution in [0.4, 0.5) is 11.4 Å². The summed E-state index contributed by atoms with van der Waals surface area (Å²) in [6.07, 6.45) is 0. The zero-order valence-corrected chi connectivity index (χ0v) is 20.2. The molecule has 0 atom stereocenters. The summed E-state index contributed by atoms with van der Waals surface area (Å²) in [7, 11) is 0. The highest BCUT2D eigenvalue weighted by atomic mass is 15.2. The van der Waals surface area contributed by atoms with E-state index in [0.717, 1.165) is 22.6 Å². The Balaban J connectivity index is 1.91. The van der Waals surface area contributed by atoms with Crippen molar-refractivity contribution < 1.29 is 0 Å². The summed E-state index contributed by atoms with van der Waals surface area (Å²) < 4.78 is 0. The van der Waals surface area contributed by atoms with Crippen LogP contribution in [0.3, 0.4) is 0 Å². The molecule has 0 N–H and O–H groups in total. The number of anilines is 2. The first-order valence-electron chi connectivity index (χ1n) is 12.0. The van der Waals surface area contributed by atoms with Crippen LogP contribution in [-0.4, -0.2) is 0 Å². The molecule has 0 saturated carbocycles. The van der Waals surface area contributed by atoms with Gasteiger partial charge in [0.25, 0.3) is 0 Å². The second kappa shape index (κ2) is 10.3. The van der Waals surface area contributed by atoms with Gasteiger partial charge in [-0.2, -0.15) is 0 Å². The molecule has 0 unspecified atom stereocenters. The SMILES string of the molecule is Cc1ccc(C(=C(c2ccccc2)N(c2ccccc2)c2ccccc2)c2ccc(C)cc2)cc1. The zero-order valence-electron chi connectivity index (χ0n) is 20.2. The second-order valence-electron chi connectivity index (χ2n) is 8.83. The van der Waals surface area contributed by atoms with E-state index in [1.54, 1.807) is 0 Å². The second-order valence-corrected chi connectivity index (χ2v) is 8.83. The number of hydrogen-bond acceptors (Lipinski definition) is 1. The molecule has 0 saturated heterocycles. The molecule has 170 valence electrons. The number of benzene rings is 5. The van der Waals surface area contributed by atoms with Crippen LogP contribution in [0, 0.1) is 13.8 Å². The molecular formula is C34H29N. The molecule has 35 heavy (non-hydrogen) atoms. The number of para-hydroxylation sites is 2. The summed E-state index contributed by atoms with van der Waals surface area (Å²) >= 11 is 0. The minimum atomic E-state index is 1.12. The Labute approximate surface area is 208 Å². The van der Waals surface area contributed by atoms with Crippen molar-refractivity contribution in [2.24, 2.45) is 0 Å². The van der Waals surface area contributed by atoms with Crippen LogP contribution in [0.5, 0.6) is 0 Å². The van der Waals surface area contributed by atoms with E-state index in [4.69, 9.17) is 0 Å². The first-order valence-corrected chi connectivity index (χ1v) is 12.0. The van der Waals surface area contributed by atoms with Gasteiger partial charge in [-0.1, -0.05) is 126 Å². The van der Waals surface area contributed by atoms with E-state index in [1.165, 1.54) is 27.8 Å². The van der Waals surface area contributed by atoms with Crippen molar-refractivity contribution in [3.05, 3.63) is 167 Å². The minimum absolute atomic E-state index is 1.12. The normalized spacial score (nSPS) is 10.6. The highest BCUT2D eigenvalue weighted by Gasteiger charge is 2.22. The van der Waals surface area contributed by atoms with Crippen LogP contribution in [-0.2, 0) is 0 Å². The summed E-state index contributed by atoms with van der Waals surface area (Å²) in [5.41, 5.74) is 10.6. The summed E-state index contributed by atoms with van der Waals surface area (Å²) in [6.45, 7) is 4.27. The first-order chi connectivity index (χ1) is 17.2. The zero-order chi connectivity index (χ0) is 24.0. The molecule has 0 heterocycles. The minimum Gasteiger partial charge on any atom is -0.309 e. The number of aryl methyl sites for hydroxylation is 2. The predicted molar refractivity (Wildman–Crippen MR) is 150 cm³/mol. The van der Waals surface area contributed by atoms with Crippen LogP contribution < -0.4 is 4.90 Å². The van der Waals surface area contributed by atoms with Crippen molar-refractivity contribution in [3.63, 3.8) is 0 Å². The van der Waals surface area contributed by atoms with Crippen molar-refractivity contribution >= 4 is 22.6 Å². The average molecular weight is 452 g/mol. The number of rotatable bonds is 6. The maximum Gasteiger partial charge on any atom is 0.0618 e. The lowest BCUT2D eigenvalue weighted by molar-refractivity contribution is 1.29. The van der Waals surface area contributed by atoms with E-state index in [9.17, 15) is 0 Å². The third kappa shape index (κ3) is 4.95. The van der Waals surface area contributed by atoms with E-state index in [-0.39, 0.29) is 0 Å². The topological polar surface area (TPSA) is 3.24 Å². The summed E-state index contributed by atoms with van der Waals surface area (Å²) in [6, 6.07) is 49.7. The van der Waals surface area contributed by atoms with Crippen LogP contribution in [0.2, 0.25) is 0 Å². The molecule has 0 bridgehead atoms. The smallest absolute Gasteiger partial charge is 0.0618 e. The Kier molecular flexibility index (Phi) is 6.59. The van der Waals surface area contributed by atoms with Gasteiger partial charge in [0.1, 0.15) is 0 Å². The Morgan fingerprint density at radius 1 is 0.400 bits per heavy atom. The molecule has 5 aromatic carbocycles. The van der Waals surface area contributed by atoms with Crippen LogP contribution in [0.1, 0.15) is 27.8 Å². The number of nitrogens with zero attached hydrogens (tertiary/aromatic N) is 1. The Morgan fingerprint density at radius 3 is 1.17 bits per heavy atom.